The molecule has 0 amide bonds. The van der Waals surface area contributed by atoms with Crippen LogP contribution in [0.3, 0.4) is 0 Å². The lowest BCUT2D eigenvalue weighted by Crippen LogP contribution is -2.58. The second kappa shape index (κ2) is 5.58. The van der Waals surface area contributed by atoms with Gasteiger partial charge in [-0.25, -0.2) is 0 Å². The fraction of sp³-hybridized carbons (Fsp3) is 1.00. The maximum absolute atomic E-state index is 2.74. The highest BCUT2D eigenvalue weighted by molar-refractivity contribution is 14.4. The third-order valence-electron chi connectivity index (χ3n) is 1.42. The van der Waals surface area contributed by atoms with Crippen LogP contribution in [0.4, 0.5) is 0 Å². The lowest BCUT2D eigenvalue weighted by Gasteiger charge is -2.35. The number of hydrogen-bond donors (Lipinski definition) is 0. The minimum absolute atomic E-state index is 0.909. The monoisotopic (exact) mass is 875 g/mol. The Hall–Kier alpha value is 5.03. The molecule has 0 saturated heterocycles. The van der Waals surface area contributed by atoms with E-state index in [1.165, 1.54) is 0 Å². The molecular formula is C2H6I6Si3. The van der Waals surface area contributed by atoms with Gasteiger partial charge in [-0.3, -0.25) is 0 Å². The zero-order chi connectivity index (χ0) is 9.50. The van der Waals surface area contributed by atoms with Crippen LogP contribution in [0.15, 0.2) is 0 Å². The van der Waals surface area contributed by atoms with Crippen LogP contribution in [-0.2, 0) is 0 Å². The van der Waals surface area contributed by atoms with Crippen LogP contribution >= 0.6 is 131 Å². The van der Waals surface area contributed by atoms with Crippen molar-refractivity contribution in [2.75, 3.05) is 0 Å². The van der Waals surface area contributed by atoms with E-state index >= 15 is 0 Å². The lowest BCUT2D eigenvalue weighted by atomic mass is 11.9. The predicted octanol–water partition coefficient (Wildman–Crippen LogP) is 5.34. The zero-order valence-electron chi connectivity index (χ0n) is 5.77. The first-order chi connectivity index (χ1) is 4.50. The quantitative estimate of drug-likeness (QED) is 0.200. The largest absolute Gasteiger partial charge is 0.241 e. The third-order valence-corrected chi connectivity index (χ3v) is 120. The van der Waals surface area contributed by atoms with Crippen molar-refractivity contribution in [1.29, 1.82) is 0 Å². The molecule has 0 rings (SSSR count). The topological polar surface area (TPSA) is 0 Å². The van der Waals surface area contributed by atoms with Crippen molar-refractivity contribution in [3.63, 3.8) is 0 Å². The first-order valence-corrected chi connectivity index (χ1v) is 30.3. The van der Waals surface area contributed by atoms with Crippen molar-refractivity contribution in [2.24, 2.45) is 0 Å². The fourth-order valence-electron chi connectivity index (χ4n) is 0.161. The first kappa shape index (κ1) is 16.0. The Balaban J connectivity index is 4.75. The van der Waals surface area contributed by atoms with Gasteiger partial charge in [0, 0.05) is 0 Å². The Morgan fingerprint density at radius 1 is 0.636 bits per heavy atom. The van der Waals surface area contributed by atoms with E-state index in [9.17, 15) is 0 Å². The van der Waals surface area contributed by atoms with Crippen molar-refractivity contribution in [2.45, 2.75) is 13.1 Å². The molecule has 0 fully saturated rings. The molecule has 68 valence electrons. The van der Waals surface area contributed by atoms with Crippen molar-refractivity contribution in [3.05, 3.63) is 0 Å². The second-order valence-electron chi connectivity index (χ2n) is 2.62. The summed E-state index contributed by atoms with van der Waals surface area (Å²) in [6.45, 7) is 5.14. The molecule has 0 aliphatic carbocycles. The van der Waals surface area contributed by atoms with E-state index in [0.29, 0.717) is 0 Å². The molecule has 0 N–H and O–H groups in total. The summed E-state index contributed by atoms with van der Waals surface area (Å²) >= 11 is 16.4. The van der Waals surface area contributed by atoms with Gasteiger partial charge in [0.25, 0.3) is 0 Å². The molecule has 9 heteroatoms. The van der Waals surface area contributed by atoms with Gasteiger partial charge in [0.15, 0.2) is 0 Å². The van der Waals surface area contributed by atoms with Crippen LogP contribution in [0.1, 0.15) is 0 Å². The van der Waals surface area contributed by atoms with E-state index in [1.807, 2.05) is 0 Å². The molecule has 0 unspecified atom stereocenters. The summed E-state index contributed by atoms with van der Waals surface area (Å²) in [7, 11) is -0.909. The summed E-state index contributed by atoms with van der Waals surface area (Å²) < 4.78 is -1.86. The summed E-state index contributed by atoms with van der Waals surface area (Å²) in [5.41, 5.74) is 0. The minimum atomic E-state index is -0.932. The lowest BCUT2D eigenvalue weighted by molar-refractivity contribution is 2.05. The Morgan fingerprint density at radius 2 is 0.818 bits per heavy atom. The van der Waals surface area contributed by atoms with Crippen molar-refractivity contribution in [3.8, 4) is 0 Å². The summed E-state index contributed by atoms with van der Waals surface area (Å²) in [5.74, 6) is 0. The molecule has 0 aliphatic heterocycles. The van der Waals surface area contributed by atoms with Crippen LogP contribution in [-0.4, -0.2) is 7.27 Å². The second-order valence-corrected chi connectivity index (χ2v) is 106. The van der Waals surface area contributed by atoms with Crippen molar-refractivity contribution in [1.82, 2.24) is 0 Å². The summed E-state index contributed by atoms with van der Waals surface area (Å²) in [6.07, 6.45) is 0. The zero-order valence-corrected chi connectivity index (χ0v) is 21.7. The third kappa shape index (κ3) is 4.81. The summed E-state index contributed by atoms with van der Waals surface area (Å²) in [5, 5.41) is 0. The van der Waals surface area contributed by atoms with Gasteiger partial charge in [0.1, 0.15) is 7.11 Å². The van der Waals surface area contributed by atoms with E-state index in [0.717, 1.165) is 0 Å². The van der Waals surface area contributed by atoms with Gasteiger partial charge in [-0.1, -0.05) is 144 Å². The normalized spacial score (nSPS) is 15.3. The molecule has 0 atom stereocenters. The fourth-order valence-corrected chi connectivity index (χ4v) is 195. The Morgan fingerprint density at radius 3 is 0.818 bits per heavy atom. The maximum Gasteiger partial charge on any atom is 0.241 e. The van der Waals surface area contributed by atoms with Crippen molar-refractivity contribution >= 4 is 138 Å². The summed E-state index contributed by atoms with van der Waals surface area (Å²) in [4.78, 5) is 0. The van der Waals surface area contributed by atoms with E-state index < -0.39 is 7.27 Å². The Bertz CT molecular complexity index is 127. The van der Waals surface area contributed by atoms with E-state index in [1.54, 1.807) is 0 Å². The highest BCUT2D eigenvalue weighted by atomic mass is 127. The van der Waals surface area contributed by atoms with Gasteiger partial charge < -0.3 is 0 Å². The molecule has 0 radical (unpaired) electrons. The smallest absolute Gasteiger partial charge is 0.0949 e. The predicted molar refractivity (Wildman–Crippen MR) is 113 cm³/mol. The molecule has 0 heterocycles. The molecule has 0 aromatic carbocycles. The molecule has 0 saturated carbocycles. The maximum atomic E-state index is 2.74. The molecule has 11 heavy (non-hydrogen) atoms. The Labute approximate surface area is 147 Å². The molecule has 0 spiro atoms. The molecule has 0 bridgehead atoms. The first-order valence-electron chi connectivity index (χ1n) is 2.63. The van der Waals surface area contributed by atoms with Crippen molar-refractivity contribution < 1.29 is 0 Å². The van der Waals surface area contributed by atoms with Crippen LogP contribution in [0.25, 0.3) is 0 Å². The van der Waals surface area contributed by atoms with Gasteiger partial charge in [-0.05, 0) is 0 Å². The standard InChI is InChI=1S/C2H6I6Si3/c1-9(2,10(3,4)5)11(6,7)8/h1-2H3. The molecule has 0 aromatic heterocycles. The highest BCUT2D eigenvalue weighted by Crippen LogP contribution is 2.50. The van der Waals surface area contributed by atoms with Gasteiger partial charge >= 0.3 is 0 Å². The molecule has 0 aromatic rings. The highest BCUT2D eigenvalue weighted by Gasteiger charge is 2.56. The van der Waals surface area contributed by atoms with Crippen LogP contribution < -0.4 is 0 Å². The van der Waals surface area contributed by atoms with E-state index in [4.69, 9.17) is 0 Å². The van der Waals surface area contributed by atoms with E-state index in [-0.39, 0.29) is 0 Å². The van der Waals surface area contributed by atoms with E-state index in [2.05, 4.69) is 144 Å². The average molecular weight is 876 g/mol. The molecular weight excluding hydrogens is 870 g/mol. The average Bonchev–Trinajstić information content (AvgIpc) is 1.58. The number of halogens is 6. The number of hydrogen-bond acceptors (Lipinski definition) is 0. The SMILES string of the molecule is C[Si](C)([Si](I)(I)I)[Si](I)(I)I. The van der Waals surface area contributed by atoms with Gasteiger partial charge in [-0.2, -0.15) is 0 Å². The minimum Gasteiger partial charge on any atom is -0.0949 e. The molecule has 0 nitrogen and oxygen atoms in total. The van der Waals surface area contributed by atoms with Gasteiger partial charge in [0.05, 0.1) is 0 Å². The van der Waals surface area contributed by atoms with Gasteiger partial charge in [-0.15, -0.1) is 0 Å². The summed E-state index contributed by atoms with van der Waals surface area (Å²) in [6, 6.07) is 0. The van der Waals surface area contributed by atoms with Gasteiger partial charge in [0.2, 0.25) is 0.163 Å². The van der Waals surface area contributed by atoms with Crippen LogP contribution in [0.2, 0.25) is 13.1 Å². The number of rotatable bonds is 2. The van der Waals surface area contributed by atoms with Crippen LogP contribution in [0, 0.1) is 0 Å². The van der Waals surface area contributed by atoms with Crippen LogP contribution in [0.5, 0.6) is 0 Å². The Kier molecular flexibility index (Phi) is 8.13. The molecule has 0 aliphatic rings.